The fourth-order valence-corrected chi connectivity index (χ4v) is 2.27. The van der Waals surface area contributed by atoms with Gasteiger partial charge in [-0.25, -0.2) is 9.97 Å². The number of nitrogens with zero attached hydrogens (tertiary/aromatic N) is 4. The van der Waals surface area contributed by atoms with Gasteiger partial charge in [-0.1, -0.05) is 6.92 Å². The molecular formula is C14H24N4. The Kier molecular flexibility index (Phi) is 3.85. The highest BCUT2D eigenvalue weighted by Crippen LogP contribution is 2.18. The van der Waals surface area contributed by atoms with Crippen LogP contribution in [-0.2, 0) is 6.42 Å². The summed E-state index contributed by atoms with van der Waals surface area (Å²) in [7, 11) is 0. The first kappa shape index (κ1) is 13.3. The molecule has 0 saturated carbocycles. The van der Waals surface area contributed by atoms with Gasteiger partial charge in [-0.3, -0.25) is 4.90 Å². The van der Waals surface area contributed by atoms with Gasteiger partial charge in [0.25, 0.3) is 0 Å². The molecule has 100 valence electrons. The minimum absolute atomic E-state index is 0.263. The molecule has 0 aliphatic carbocycles. The van der Waals surface area contributed by atoms with Gasteiger partial charge in [0.1, 0.15) is 0 Å². The van der Waals surface area contributed by atoms with E-state index in [1.54, 1.807) is 0 Å². The number of aryl methyl sites for hydroxylation is 1. The summed E-state index contributed by atoms with van der Waals surface area (Å²) in [6.07, 6.45) is 4.88. The van der Waals surface area contributed by atoms with Crippen molar-refractivity contribution in [1.82, 2.24) is 14.9 Å². The van der Waals surface area contributed by atoms with Gasteiger partial charge in [0, 0.05) is 44.1 Å². The quantitative estimate of drug-likeness (QED) is 0.801. The van der Waals surface area contributed by atoms with Gasteiger partial charge in [-0.2, -0.15) is 0 Å². The third-order valence-electron chi connectivity index (χ3n) is 3.61. The Labute approximate surface area is 110 Å². The molecule has 2 heterocycles. The lowest BCUT2D eigenvalue weighted by Crippen LogP contribution is -2.53. The second-order valence-corrected chi connectivity index (χ2v) is 5.89. The number of hydrogen-bond acceptors (Lipinski definition) is 4. The summed E-state index contributed by atoms with van der Waals surface area (Å²) in [5.74, 6) is 0.876. The van der Waals surface area contributed by atoms with Gasteiger partial charge in [-0.15, -0.1) is 0 Å². The molecule has 0 N–H and O–H groups in total. The largest absolute Gasteiger partial charge is 0.338 e. The molecule has 1 aromatic rings. The zero-order valence-corrected chi connectivity index (χ0v) is 12.0. The van der Waals surface area contributed by atoms with E-state index in [0.29, 0.717) is 0 Å². The first-order valence-corrected chi connectivity index (χ1v) is 6.81. The molecular weight excluding hydrogens is 224 g/mol. The van der Waals surface area contributed by atoms with Crippen molar-refractivity contribution in [3.05, 3.63) is 18.0 Å². The average molecular weight is 248 g/mol. The standard InChI is InChI=1S/C14H24N4/c1-5-12-10-15-13(16-11-12)17-6-8-18(9-7-17)14(2,3)4/h10-11H,5-9H2,1-4H3. The van der Waals surface area contributed by atoms with E-state index >= 15 is 0 Å². The maximum absolute atomic E-state index is 4.46. The van der Waals surface area contributed by atoms with Crippen LogP contribution >= 0.6 is 0 Å². The van der Waals surface area contributed by atoms with Crippen LogP contribution in [0.15, 0.2) is 12.4 Å². The number of piperazine rings is 1. The van der Waals surface area contributed by atoms with E-state index in [2.05, 4.69) is 47.5 Å². The molecule has 0 bridgehead atoms. The van der Waals surface area contributed by atoms with Crippen LogP contribution in [0.2, 0.25) is 0 Å². The lowest BCUT2D eigenvalue weighted by molar-refractivity contribution is 0.128. The molecule has 2 rings (SSSR count). The Hall–Kier alpha value is -1.16. The van der Waals surface area contributed by atoms with Crippen molar-refractivity contribution in [2.24, 2.45) is 0 Å². The lowest BCUT2D eigenvalue weighted by atomic mass is 10.1. The summed E-state index contributed by atoms with van der Waals surface area (Å²) in [6, 6.07) is 0. The summed E-state index contributed by atoms with van der Waals surface area (Å²) in [5.41, 5.74) is 1.46. The second-order valence-electron chi connectivity index (χ2n) is 5.89. The van der Waals surface area contributed by atoms with Crippen LogP contribution in [0, 0.1) is 0 Å². The predicted molar refractivity (Wildman–Crippen MR) is 74.9 cm³/mol. The normalized spacial score (nSPS) is 18.1. The van der Waals surface area contributed by atoms with Gasteiger partial charge < -0.3 is 4.90 Å². The Balaban J connectivity index is 1.96. The van der Waals surface area contributed by atoms with Crippen LogP contribution in [0.5, 0.6) is 0 Å². The summed E-state index contributed by atoms with van der Waals surface area (Å²) >= 11 is 0. The van der Waals surface area contributed by atoms with Gasteiger partial charge in [0.15, 0.2) is 0 Å². The van der Waals surface area contributed by atoms with Gasteiger partial charge in [-0.05, 0) is 32.8 Å². The van der Waals surface area contributed by atoms with E-state index < -0.39 is 0 Å². The topological polar surface area (TPSA) is 32.3 Å². The second kappa shape index (κ2) is 5.22. The highest BCUT2D eigenvalue weighted by atomic mass is 15.3. The highest BCUT2D eigenvalue weighted by molar-refractivity contribution is 5.30. The lowest BCUT2D eigenvalue weighted by Gasteiger charge is -2.42. The molecule has 1 aliphatic rings. The van der Waals surface area contributed by atoms with E-state index in [0.717, 1.165) is 38.5 Å². The number of rotatable bonds is 2. The van der Waals surface area contributed by atoms with Crippen LogP contribution < -0.4 is 4.90 Å². The summed E-state index contributed by atoms with van der Waals surface area (Å²) in [5, 5.41) is 0. The van der Waals surface area contributed by atoms with Gasteiger partial charge in [0.05, 0.1) is 0 Å². The fraction of sp³-hybridized carbons (Fsp3) is 0.714. The maximum atomic E-state index is 4.46. The van der Waals surface area contributed by atoms with E-state index in [1.807, 2.05) is 12.4 Å². The van der Waals surface area contributed by atoms with Gasteiger partial charge >= 0.3 is 0 Å². The van der Waals surface area contributed by atoms with E-state index in [-0.39, 0.29) is 5.54 Å². The summed E-state index contributed by atoms with van der Waals surface area (Å²) in [4.78, 5) is 13.7. The van der Waals surface area contributed by atoms with Crippen molar-refractivity contribution in [3.63, 3.8) is 0 Å². The predicted octanol–water partition coefficient (Wildman–Crippen LogP) is 1.96. The molecule has 4 heteroatoms. The average Bonchev–Trinajstić information content (AvgIpc) is 2.38. The molecule has 0 unspecified atom stereocenters. The zero-order valence-electron chi connectivity index (χ0n) is 12.0. The van der Waals surface area contributed by atoms with Crippen molar-refractivity contribution in [3.8, 4) is 0 Å². The monoisotopic (exact) mass is 248 g/mol. The van der Waals surface area contributed by atoms with Crippen LogP contribution in [0.4, 0.5) is 5.95 Å². The summed E-state index contributed by atoms with van der Waals surface area (Å²) < 4.78 is 0. The SMILES string of the molecule is CCc1cnc(N2CCN(C(C)(C)C)CC2)nc1. The van der Waals surface area contributed by atoms with Crippen LogP contribution in [0.25, 0.3) is 0 Å². The van der Waals surface area contributed by atoms with Crippen molar-refractivity contribution < 1.29 is 0 Å². The fourth-order valence-electron chi connectivity index (χ4n) is 2.27. The molecule has 0 radical (unpaired) electrons. The molecule has 0 amide bonds. The molecule has 0 aromatic carbocycles. The van der Waals surface area contributed by atoms with E-state index in [9.17, 15) is 0 Å². The van der Waals surface area contributed by atoms with Crippen LogP contribution in [-0.4, -0.2) is 46.6 Å². The zero-order chi connectivity index (χ0) is 13.2. The first-order valence-electron chi connectivity index (χ1n) is 6.81. The van der Waals surface area contributed by atoms with Crippen LogP contribution in [0.3, 0.4) is 0 Å². The Bertz CT molecular complexity index is 372. The van der Waals surface area contributed by atoms with Crippen molar-refractivity contribution >= 4 is 5.95 Å². The number of aromatic nitrogens is 2. The summed E-state index contributed by atoms with van der Waals surface area (Å²) in [6.45, 7) is 13.1. The molecule has 4 nitrogen and oxygen atoms in total. The Morgan fingerprint density at radius 2 is 1.61 bits per heavy atom. The third kappa shape index (κ3) is 2.99. The number of anilines is 1. The minimum atomic E-state index is 0.263. The van der Waals surface area contributed by atoms with Crippen molar-refractivity contribution in [1.29, 1.82) is 0 Å². The van der Waals surface area contributed by atoms with Crippen LogP contribution in [0.1, 0.15) is 33.3 Å². The first-order chi connectivity index (χ1) is 8.50. The third-order valence-corrected chi connectivity index (χ3v) is 3.61. The van der Waals surface area contributed by atoms with E-state index in [4.69, 9.17) is 0 Å². The number of hydrogen-bond donors (Lipinski definition) is 0. The molecule has 18 heavy (non-hydrogen) atoms. The molecule has 1 aliphatic heterocycles. The molecule has 1 saturated heterocycles. The molecule has 0 spiro atoms. The van der Waals surface area contributed by atoms with Gasteiger partial charge in [0.2, 0.25) is 5.95 Å². The molecule has 1 fully saturated rings. The highest BCUT2D eigenvalue weighted by Gasteiger charge is 2.26. The molecule has 0 atom stereocenters. The smallest absolute Gasteiger partial charge is 0.225 e. The minimum Gasteiger partial charge on any atom is -0.338 e. The Morgan fingerprint density at radius 3 is 2.06 bits per heavy atom. The van der Waals surface area contributed by atoms with Crippen molar-refractivity contribution in [2.75, 3.05) is 31.1 Å². The molecule has 1 aromatic heterocycles. The van der Waals surface area contributed by atoms with E-state index in [1.165, 1.54) is 5.56 Å². The Morgan fingerprint density at radius 1 is 1.06 bits per heavy atom. The van der Waals surface area contributed by atoms with Crippen molar-refractivity contribution in [2.45, 2.75) is 39.7 Å². The maximum Gasteiger partial charge on any atom is 0.225 e.